The molecular weight excluding hydrogens is 196 g/mol. The van der Waals surface area contributed by atoms with Gasteiger partial charge >= 0.3 is 0 Å². The Labute approximate surface area is 102 Å². The van der Waals surface area contributed by atoms with Crippen LogP contribution in [0.15, 0.2) is 0 Å². The number of nitrogens with zero attached hydrogens (tertiary/aromatic N) is 1. The molecule has 1 aliphatic carbocycles. The second-order valence-electron chi connectivity index (χ2n) is 5.92. The lowest BCUT2D eigenvalue weighted by molar-refractivity contribution is 0.196. The van der Waals surface area contributed by atoms with Gasteiger partial charge in [0.05, 0.1) is 0 Å². The van der Waals surface area contributed by atoms with Gasteiger partial charge in [-0.3, -0.25) is 4.90 Å². The van der Waals surface area contributed by atoms with Crippen LogP contribution in [-0.4, -0.2) is 36.6 Å². The molecule has 2 heteroatoms. The van der Waals surface area contributed by atoms with Gasteiger partial charge in [0.25, 0.3) is 0 Å². The van der Waals surface area contributed by atoms with Crippen molar-refractivity contribution in [3.05, 3.63) is 0 Å². The number of hydrogen-bond acceptors (Lipinski definition) is 2. The van der Waals surface area contributed by atoms with Crippen molar-refractivity contribution < 1.29 is 0 Å². The highest BCUT2D eigenvalue weighted by Crippen LogP contribution is 2.17. The molecule has 0 heterocycles. The van der Waals surface area contributed by atoms with Crippen LogP contribution in [0.4, 0.5) is 0 Å². The Bertz CT molecular complexity index is 172. The van der Waals surface area contributed by atoms with Gasteiger partial charge in [-0.25, -0.2) is 0 Å². The second-order valence-corrected chi connectivity index (χ2v) is 5.92. The van der Waals surface area contributed by atoms with Crippen LogP contribution in [0.25, 0.3) is 0 Å². The molecule has 2 nitrogen and oxygen atoms in total. The average Bonchev–Trinajstić information content (AvgIpc) is 2.68. The van der Waals surface area contributed by atoms with Gasteiger partial charge in [-0.1, -0.05) is 26.7 Å². The molecule has 0 unspecified atom stereocenters. The van der Waals surface area contributed by atoms with Gasteiger partial charge in [0, 0.05) is 31.7 Å². The summed E-state index contributed by atoms with van der Waals surface area (Å²) in [5.41, 5.74) is 0. The molecule has 0 atom stereocenters. The lowest BCUT2D eigenvalue weighted by Crippen LogP contribution is -2.41. The minimum absolute atomic E-state index is 0.674. The zero-order valence-corrected chi connectivity index (χ0v) is 11.6. The third-order valence-corrected chi connectivity index (χ3v) is 3.52. The monoisotopic (exact) mass is 226 g/mol. The first kappa shape index (κ1) is 14.0. The van der Waals surface area contributed by atoms with E-state index in [4.69, 9.17) is 0 Å². The predicted molar refractivity (Wildman–Crippen MR) is 71.8 cm³/mol. The van der Waals surface area contributed by atoms with Gasteiger partial charge in [0.2, 0.25) is 0 Å². The van der Waals surface area contributed by atoms with E-state index in [1.54, 1.807) is 0 Å². The van der Waals surface area contributed by atoms with E-state index in [-0.39, 0.29) is 0 Å². The molecule has 16 heavy (non-hydrogen) atoms. The third-order valence-electron chi connectivity index (χ3n) is 3.52. The Hall–Kier alpha value is -0.0800. The van der Waals surface area contributed by atoms with E-state index < -0.39 is 0 Å². The van der Waals surface area contributed by atoms with E-state index in [9.17, 15) is 0 Å². The standard InChI is InChI=1S/C14H30N2/c1-12(2)11-16(13(3)4)10-9-15-14-7-5-6-8-14/h12-15H,5-11H2,1-4H3. The maximum atomic E-state index is 3.70. The first-order valence-corrected chi connectivity index (χ1v) is 7.07. The molecule has 0 saturated heterocycles. The van der Waals surface area contributed by atoms with E-state index >= 15 is 0 Å². The molecule has 96 valence electrons. The van der Waals surface area contributed by atoms with Crippen LogP contribution in [0.1, 0.15) is 53.4 Å². The number of hydrogen-bond donors (Lipinski definition) is 1. The van der Waals surface area contributed by atoms with Crippen LogP contribution in [0.5, 0.6) is 0 Å². The van der Waals surface area contributed by atoms with Crippen molar-refractivity contribution in [3.63, 3.8) is 0 Å². The maximum absolute atomic E-state index is 3.70. The fourth-order valence-electron chi connectivity index (χ4n) is 2.57. The summed E-state index contributed by atoms with van der Waals surface area (Å²) in [4.78, 5) is 2.59. The van der Waals surface area contributed by atoms with Crippen molar-refractivity contribution in [1.82, 2.24) is 10.2 Å². The van der Waals surface area contributed by atoms with Crippen molar-refractivity contribution in [2.24, 2.45) is 5.92 Å². The summed E-state index contributed by atoms with van der Waals surface area (Å²) in [6, 6.07) is 1.49. The van der Waals surface area contributed by atoms with Gasteiger partial charge in [-0.05, 0) is 32.6 Å². The zero-order chi connectivity index (χ0) is 12.0. The summed E-state index contributed by atoms with van der Waals surface area (Å²) in [7, 11) is 0. The van der Waals surface area contributed by atoms with Gasteiger partial charge in [-0.2, -0.15) is 0 Å². The largest absolute Gasteiger partial charge is 0.313 e. The van der Waals surface area contributed by atoms with Crippen LogP contribution in [0, 0.1) is 5.92 Å². The van der Waals surface area contributed by atoms with Crippen LogP contribution < -0.4 is 5.32 Å². The van der Waals surface area contributed by atoms with Crippen molar-refractivity contribution in [2.45, 2.75) is 65.5 Å². The van der Waals surface area contributed by atoms with Crippen molar-refractivity contribution in [1.29, 1.82) is 0 Å². The summed E-state index contributed by atoms with van der Waals surface area (Å²) in [5.74, 6) is 0.772. The highest BCUT2D eigenvalue weighted by atomic mass is 15.2. The maximum Gasteiger partial charge on any atom is 0.0110 e. The number of nitrogens with one attached hydrogen (secondary N) is 1. The highest BCUT2D eigenvalue weighted by Gasteiger charge is 2.15. The fraction of sp³-hybridized carbons (Fsp3) is 1.00. The quantitative estimate of drug-likeness (QED) is 0.718. The summed E-state index contributed by atoms with van der Waals surface area (Å²) >= 11 is 0. The molecule has 0 aliphatic heterocycles. The van der Waals surface area contributed by atoms with E-state index in [2.05, 4.69) is 37.9 Å². The van der Waals surface area contributed by atoms with Crippen molar-refractivity contribution in [2.75, 3.05) is 19.6 Å². The van der Waals surface area contributed by atoms with E-state index in [1.165, 1.54) is 38.8 Å². The fourth-order valence-corrected chi connectivity index (χ4v) is 2.57. The van der Waals surface area contributed by atoms with E-state index in [0.717, 1.165) is 18.5 Å². The average molecular weight is 226 g/mol. The van der Waals surface area contributed by atoms with E-state index in [0.29, 0.717) is 6.04 Å². The van der Waals surface area contributed by atoms with Crippen molar-refractivity contribution in [3.8, 4) is 0 Å². The van der Waals surface area contributed by atoms with Crippen LogP contribution in [-0.2, 0) is 0 Å². The molecule has 0 aromatic carbocycles. The summed E-state index contributed by atoms with van der Waals surface area (Å²) < 4.78 is 0. The normalized spacial score (nSPS) is 18.2. The van der Waals surface area contributed by atoms with Gasteiger partial charge in [-0.15, -0.1) is 0 Å². The predicted octanol–water partition coefficient (Wildman–Crippen LogP) is 2.89. The molecule has 0 amide bonds. The first-order chi connectivity index (χ1) is 7.59. The van der Waals surface area contributed by atoms with Crippen LogP contribution >= 0.6 is 0 Å². The second kappa shape index (κ2) is 7.29. The number of rotatable bonds is 7. The van der Waals surface area contributed by atoms with Crippen LogP contribution in [0.3, 0.4) is 0 Å². The summed E-state index contributed by atoms with van der Waals surface area (Å²) in [6.07, 6.45) is 5.65. The Morgan fingerprint density at radius 2 is 1.75 bits per heavy atom. The van der Waals surface area contributed by atoms with Gasteiger partial charge in [0.15, 0.2) is 0 Å². The molecule has 0 aromatic heterocycles. The minimum atomic E-state index is 0.674. The van der Waals surface area contributed by atoms with Crippen LogP contribution in [0.2, 0.25) is 0 Å². The minimum Gasteiger partial charge on any atom is -0.313 e. The topological polar surface area (TPSA) is 15.3 Å². The third kappa shape index (κ3) is 5.31. The summed E-state index contributed by atoms with van der Waals surface area (Å²) in [5, 5.41) is 3.70. The molecule has 0 spiro atoms. The van der Waals surface area contributed by atoms with Gasteiger partial charge < -0.3 is 5.32 Å². The SMILES string of the molecule is CC(C)CN(CCNC1CCCC1)C(C)C. The molecule has 1 aliphatic rings. The first-order valence-electron chi connectivity index (χ1n) is 7.07. The lowest BCUT2D eigenvalue weighted by Gasteiger charge is -2.28. The van der Waals surface area contributed by atoms with Gasteiger partial charge in [0.1, 0.15) is 0 Å². The molecule has 0 aromatic rings. The Morgan fingerprint density at radius 3 is 2.25 bits per heavy atom. The van der Waals surface area contributed by atoms with Crippen molar-refractivity contribution >= 4 is 0 Å². The molecule has 1 N–H and O–H groups in total. The highest BCUT2D eigenvalue weighted by molar-refractivity contribution is 4.75. The molecule has 1 rings (SSSR count). The Kier molecular flexibility index (Phi) is 6.37. The smallest absolute Gasteiger partial charge is 0.0110 e. The Morgan fingerprint density at radius 1 is 1.12 bits per heavy atom. The molecule has 1 saturated carbocycles. The Balaban J connectivity index is 2.15. The molecule has 0 bridgehead atoms. The molecule has 0 radical (unpaired) electrons. The van der Waals surface area contributed by atoms with E-state index in [1.807, 2.05) is 0 Å². The molecular formula is C14H30N2. The summed E-state index contributed by atoms with van der Waals surface area (Å²) in [6.45, 7) is 12.8. The zero-order valence-electron chi connectivity index (χ0n) is 11.6. The molecule has 1 fully saturated rings. The lowest BCUT2D eigenvalue weighted by atomic mass is 10.2.